The van der Waals surface area contributed by atoms with Gasteiger partial charge in [0.25, 0.3) is 5.91 Å². The van der Waals surface area contributed by atoms with Crippen molar-refractivity contribution in [2.75, 3.05) is 6.54 Å². The summed E-state index contributed by atoms with van der Waals surface area (Å²) in [5, 5.41) is 8.07. The fourth-order valence-corrected chi connectivity index (χ4v) is 2.06. The lowest BCUT2D eigenvalue weighted by molar-refractivity contribution is 0.0995. The predicted octanol–water partition coefficient (Wildman–Crippen LogP) is 2.12. The van der Waals surface area contributed by atoms with Gasteiger partial charge in [-0.2, -0.15) is 5.10 Å². The Kier molecular flexibility index (Phi) is 4.76. The number of rotatable bonds is 6. The molecule has 1 amide bonds. The lowest BCUT2D eigenvalue weighted by Crippen LogP contribution is -2.14. The topological polar surface area (TPSA) is 72.9 Å². The molecular weight excluding hydrogens is 276 g/mol. The quantitative estimate of drug-likeness (QED) is 0.801. The molecular formula is C14H17ClN4O. The van der Waals surface area contributed by atoms with Gasteiger partial charge in [0.05, 0.1) is 5.69 Å². The molecule has 0 bridgehead atoms. The number of hydrogen-bond acceptors (Lipinski definition) is 3. The second-order valence-corrected chi connectivity index (χ2v) is 4.87. The minimum Gasteiger partial charge on any atom is -0.364 e. The third kappa shape index (κ3) is 3.37. The summed E-state index contributed by atoms with van der Waals surface area (Å²) >= 11 is 6.25. The number of amides is 1. The maximum Gasteiger partial charge on any atom is 0.269 e. The van der Waals surface area contributed by atoms with E-state index in [1.165, 1.54) is 0 Å². The van der Waals surface area contributed by atoms with Crippen molar-refractivity contribution in [3.8, 4) is 5.69 Å². The Hall–Kier alpha value is -1.85. The summed E-state index contributed by atoms with van der Waals surface area (Å²) in [5.41, 5.74) is 7.24. The van der Waals surface area contributed by atoms with E-state index in [0.29, 0.717) is 5.02 Å². The molecule has 0 aliphatic carbocycles. The van der Waals surface area contributed by atoms with Crippen LogP contribution in [0.25, 0.3) is 5.69 Å². The zero-order valence-corrected chi connectivity index (χ0v) is 12.0. The maximum absolute atomic E-state index is 11.0. The van der Waals surface area contributed by atoms with E-state index in [4.69, 9.17) is 17.3 Å². The van der Waals surface area contributed by atoms with Crippen LogP contribution in [-0.2, 0) is 6.54 Å². The zero-order chi connectivity index (χ0) is 14.5. The maximum atomic E-state index is 11.0. The summed E-state index contributed by atoms with van der Waals surface area (Å²) in [5.74, 6) is -0.546. The van der Waals surface area contributed by atoms with E-state index in [0.717, 1.165) is 30.8 Å². The number of nitrogens with one attached hydrogen (secondary N) is 1. The van der Waals surface area contributed by atoms with Crippen LogP contribution >= 0.6 is 11.6 Å². The minimum absolute atomic E-state index is 0.231. The molecule has 1 aromatic heterocycles. The Morgan fingerprint density at radius 3 is 2.85 bits per heavy atom. The highest BCUT2D eigenvalue weighted by atomic mass is 35.5. The fraction of sp³-hybridized carbons (Fsp3) is 0.286. The molecule has 2 aromatic rings. The number of nitrogens with two attached hydrogens (primary N) is 1. The smallest absolute Gasteiger partial charge is 0.269 e. The zero-order valence-electron chi connectivity index (χ0n) is 11.3. The van der Waals surface area contributed by atoms with Gasteiger partial charge in [-0.1, -0.05) is 24.6 Å². The van der Waals surface area contributed by atoms with Crippen molar-refractivity contribution in [2.24, 2.45) is 5.73 Å². The molecule has 106 valence electrons. The van der Waals surface area contributed by atoms with E-state index in [1.54, 1.807) is 16.9 Å². The van der Waals surface area contributed by atoms with Gasteiger partial charge in [0.1, 0.15) is 5.69 Å². The first-order valence-corrected chi connectivity index (χ1v) is 6.84. The van der Waals surface area contributed by atoms with Crippen LogP contribution in [0.15, 0.2) is 30.5 Å². The van der Waals surface area contributed by atoms with Crippen molar-refractivity contribution < 1.29 is 4.79 Å². The molecule has 0 fully saturated rings. The van der Waals surface area contributed by atoms with Crippen molar-refractivity contribution in [1.29, 1.82) is 0 Å². The summed E-state index contributed by atoms with van der Waals surface area (Å²) in [7, 11) is 0. The van der Waals surface area contributed by atoms with Gasteiger partial charge in [0.15, 0.2) is 0 Å². The Morgan fingerprint density at radius 1 is 1.45 bits per heavy atom. The van der Waals surface area contributed by atoms with Gasteiger partial charge in [-0.05, 0) is 36.7 Å². The largest absolute Gasteiger partial charge is 0.364 e. The summed E-state index contributed by atoms with van der Waals surface area (Å²) in [4.78, 5) is 11.0. The van der Waals surface area contributed by atoms with Crippen LogP contribution in [0.1, 0.15) is 29.4 Å². The van der Waals surface area contributed by atoms with Crippen molar-refractivity contribution in [2.45, 2.75) is 19.9 Å². The van der Waals surface area contributed by atoms with Crippen LogP contribution < -0.4 is 11.1 Å². The molecule has 0 radical (unpaired) electrons. The fourth-order valence-electron chi connectivity index (χ4n) is 1.82. The van der Waals surface area contributed by atoms with Crippen molar-refractivity contribution in [1.82, 2.24) is 15.1 Å². The molecule has 5 nitrogen and oxygen atoms in total. The number of primary amides is 1. The Balaban J connectivity index is 2.17. The van der Waals surface area contributed by atoms with E-state index < -0.39 is 5.91 Å². The number of aromatic nitrogens is 2. The highest BCUT2D eigenvalue weighted by molar-refractivity contribution is 6.31. The second kappa shape index (κ2) is 6.54. The van der Waals surface area contributed by atoms with Gasteiger partial charge >= 0.3 is 0 Å². The summed E-state index contributed by atoms with van der Waals surface area (Å²) < 4.78 is 1.58. The molecule has 3 N–H and O–H groups in total. The highest BCUT2D eigenvalue weighted by Crippen LogP contribution is 2.20. The first-order chi connectivity index (χ1) is 9.61. The Morgan fingerprint density at radius 2 is 2.25 bits per heavy atom. The Labute approximate surface area is 122 Å². The van der Waals surface area contributed by atoms with Crippen molar-refractivity contribution in [3.05, 3.63) is 46.7 Å². The van der Waals surface area contributed by atoms with Crippen LogP contribution in [0.4, 0.5) is 0 Å². The first-order valence-electron chi connectivity index (χ1n) is 6.47. The SMILES string of the molecule is CCCNCc1ccc(-n2ccc(C(N)=O)n2)cc1Cl. The van der Waals surface area contributed by atoms with E-state index in [2.05, 4.69) is 17.3 Å². The molecule has 0 aliphatic heterocycles. The lowest BCUT2D eigenvalue weighted by Gasteiger charge is -2.08. The molecule has 6 heteroatoms. The molecule has 0 saturated heterocycles. The average Bonchev–Trinajstić information content (AvgIpc) is 2.90. The van der Waals surface area contributed by atoms with Crippen LogP contribution in [0.5, 0.6) is 0 Å². The van der Waals surface area contributed by atoms with Crippen LogP contribution in [0, 0.1) is 0 Å². The molecule has 2 rings (SSSR count). The first kappa shape index (κ1) is 14.6. The standard InChI is InChI=1S/C14H17ClN4O/c1-2-6-17-9-10-3-4-11(8-12(10)15)19-7-5-13(18-19)14(16)20/h3-5,7-8,17H,2,6,9H2,1H3,(H2,16,20). The second-order valence-electron chi connectivity index (χ2n) is 4.46. The highest BCUT2D eigenvalue weighted by Gasteiger charge is 2.07. The lowest BCUT2D eigenvalue weighted by atomic mass is 10.2. The van der Waals surface area contributed by atoms with E-state index in [-0.39, 0.29) is 5.69 Å². The normalized spacial score (nSPS) is 10.7. The van der Waals surface area contributed by atoms with E-state index in [9.17, 15) is 4.79 Å². The molecule has 1 aromatic carbocycles. The van der Waals surface area contributed by atoms with Crippen LogP contribution in [0.2, 0.25) is 5.02 Å². The summed E-state index contributed by atoms with van der Waals surface area (Å²) in [6.07, 6.45) is 2.76. The number of carbonyl (C=O) groups is 1. The van der Waals surface area contributed by atoms with Crippen LogP contribution in [-0.4, -0.2) is 22.2 Å². The third-order valence-electron chi connectivity index (χ3n) is 2.88. The number of carbonyl (C=O) groups excluding carboxylic acids is 1. The molecule has 0 spiro atoms. The van der Waals surface area contributed by atoms with E-state index >= 15 is 0 Å². The van der Waals surface area contributed by atoms with Gasteiger partial charge in [-0.3, -0.25) is 4.79 Å². The predicted molar refractivity (Wildman–Crippen MR) is 79.1 cm³/mol. The number of benzene rings is 1. The molecule has 0 saturated carbocycles. The van der Waals surface area contributed by atoms with Crippen molar-refractivity contribution in [3.63, 3.8) is 0 Å². The summed E-state index contributed by atoms with van der Waals surface area (Å²) in [6.45, 7) is 3.81. The van der Waals surface area contributed by atoms with Gasteiger partial charge in [0, 0.05) is 17.8 Å². The van der Waals surface area contributed by atoms with Gasteiger partial charge in [-0.25, -0.2) is 4.68 Å². The third-order valence-corrected chi connectivity index (χ3v) is 3.24. The number of halogens is 1. The van der Waals surface area contributed by atoms with Gasteiger partial charge in [-0.15, -0.1) is 0 Å². The van der Waals surface area contributed by atoms with Gasteiger partial charge in [0.2, 0.25) is 0 Å². The number of hydrogen-bond donors (Lipinski definition) is 2. The molecule has 0 unspecified atom stereocenters. The van der Waals surface area contributed by atoms with Crippen molar-refractivity contribution >= 4 is 17.5 Å². The van der Waals surface area contributed by atoms with E-state index in [1.807, 2.05) is 18.2 Å². The number of nitrogens with zero attached hydrogens (tertiary/aromatic N) is 2. The van der Waals surface area contributed by atoms with Gasteiger partial charge < -0.3 is 11.1 Å². The Bertz CT molecular complexity index is 609. The monoisotopic (exact) mass is 292 g/mol. The minimum atomic E-state index is -0.546. The summed E-state index contributed by atoms with van der Waals surface area (Å²) in [6, 6.07) is 7.26. The molecule has 20 heavy (non-hydrogen) atoms. The molecule has 0 aliphatic rings. The molecule has 1 heterocycles. The molecule has 0 atom stereocenters. The van der Waals surface area contributed by atoms with Crippen LogP contribution in [0.3, 0.4) is 0 Å². The average molecular weight is 293 g/mol.